The summed E-state index contributed by atoms with van der Waals surface area (Å²) in [6.07, 6.45) is 4.12. The van der Waals surface area contributed by atoms with Crippen LogP contribution < -0.4 is 5.32 Å². The summed E-state index contributed by atoms with van der Waals surface area (Å²) in [5.74, 6) is 0.384. The number of esters is 1. The molecule has 0 amide bonds. The van der Waals surface area contributed by atoms with Gasteiger partial charge in [-0.05, 0) is 57.8 Å². The van der Waals surface area contributed by atoms with Crippen molar-refractivity contribution in [2.24, 2.45) is 5.92 Å². The highest BCUT2D eigenvalue weighted by molar-refractivity contribution is 6.04. The maximum atomic E-state index is 12.3. The lowest BCUT2D eigenvalue weighted by Crippen LogP contribution is -2.30. The van der Waals surface area contributed by atoms with E-state index in [1.165, 1.54) is 12.8 Å². The Morgan fingerprint density at radius 3 is 2.95 bits per heavy atom. The summed E-state index contributed by atoms with van der Waals surface area (Å²) in [6, 6.07) is 3.83. The summed E-state index contributed by atoms with van der Waals surface area (Å²) in [6.45, 7) is 7.27. The molecule has 0 bridgehead atoms. The van der Waals surface area contributed by atoms with Gasteiger partial charge in [-0.15, -0.1) is 0 Å². The molecule has 22 heavy (non-hydrogen) atoms. The van der Waals surface area contributed by atoms with Crippen LogP contribution in [-0.4, -0.2) is 35.2 Å². The van der Waals surface area contributed by atoms with Gasteiger partial charge in [0, 0.05) is 23.8 Å². The number of nitrogens with one attached hydrogen (secondary N) is 1. The Bertz CT molecular complexity index is 672. The van der Waals surface area contributed by atoms with Crippen LogP contribution in [0.1, 0.15) is 35.8 Å². The molecule has 0 spiro atoms. The Kier molecular flexibility index (Phi) is 4.43. The molecule has 1 saturated heterocycles. The van der Waals surface area contributed by atoms with E-state index in [0.717, 1.165) is 36.4 Å². The first-order chi connectivity index (χ1) is 10.7. The van der Waals surface area contributed by atoms with Crippen LogP contribution in [-0.2, 0) is 11.3 Å². The van der Waals surface area contributed by atoms with Gasteiger partial charge in [0.2, 0.25) is 0 Å². The zero-order valence-electron chi connectivity index (χ0n) is 13.3. The number of carbonyl (C=O) groups is 1. The van der Waals surface area contributed by atoms with Crippen LogP contribution in [0.4, 0.5) is 0 Å². The lowest BCUT2D eigenvalue weighted by atomic mass is 9.98. The number of aromatic nitrogens is 2. The van der Waals surface area contributed by atoms with Gasteiger partial charge < -0.3 is 14.6 Å². The van der Waals surface area contributed by atoms with Crippen molar-refractivity contribution in [3.8, 4) is 0 Å². The molecule has 0 saturated carbocycles. The molecule has 118 valence electrons. The minimum absolute atomic E-state index is 0.248. The second kappa shape index (κ2) is 6.48. The fraction of sp³-hybridized carbons (Fsp3) is 0.529. The van der Waals surface area contributed by atoms with E-state index in [-0.39, 0.29) is 5.97 Å². The molecule has 0 aliphatic carbocycles. The van der Waals surface area contributed by atoms with Crippen molar-refractivity contribution in [3.63, 3.8) is 0 Å². The highest BCUT2D eigenvalue weighted by Gasteiger charge is 2.23. The van der Waals surface area contributed by atoms with Crippen molar-refractivity contribution in [1.29, 1.82) is 0 Å². The number of piperidine rings is 1. The monoisotopic (exact) mass is 301 g/mol. The first-order valence-electron chi connectivity index (χ1n) is 8.04. The standard InChI is InChI=1S/C17H23N3O2/c1-3-22-17(21)15-12(2)20(11-13-6-9-18-10-7-13)16-14(15)5-4-8-19-16/h4-5,8,13,18H,3,6-7,9-11H2,1-2H3. The van der Waals surface area contributed by atoms with Crippen LogP contribution >= 0.6 is 0 Å². The zero-order chi connectivity index (χ0) is 15.5. The van der Waals surface area contributed by atoms with Gasteiger partial charge in [0.15, 0.2) is 0 Å². The van der Waals surface area contributed by atoms with Gasteiger partial charge in [0.1, 0.15) is 5.65 Å². The third-order valence-electron chi connectivity index (χ3n) is 4.46. The molecular formula is C17H23N3O2. The Morgan fingerprint density at radius 1 is 1.45 bits per heavy atom. The highest BCUT2D eigenvalue weighted by atomic mass is 16.5. The van der Waals surface area contributed by atoms with Gasteiger partial charge in [-0.1, -0.05) is 0 Å². The second-order valence-electron chi connectivity index (χ2n) is 5.86. The van der Waals surface area contributed by atoms with E-state index in [1.807, 2.05) is 26.0 Å². The Balaban J connectivity index is 2.01. The second-order valence-corrected chi connectivity index (χ2v) is 5.86. The minimum atomic E-state index is -0.248. The Morgan fingerprint density at radius 2 is 2.23 bits per heavy atom. The summed E-state index contributed by atoms with van der Waals surface area (Å²) >= 11 is 0. The maximum absolute atomic E-state index is 12.3. The molecule has 3 rings (SSSR count). The molecule has 3 heterocycles. The van der Waals surface area contributed by atoms with Crippen molar-refractivity contribution >= 4 is 17.0 Å². The number of carbonyl (C=O) groups excluding carboxylic acids is 1. The van der Waals surface area contributed by atoms with E-state index in [4.69, 9.17) is 4.74 Å². The molecule has 0 radical (unpaired) electrons. The first-order valence-corrected chi connectivity index (χ1v) is 8.04. The fourth-order valence-corrected chi connectivity index (χ4v) is 3.30. The molecule has 1 N–H and O–H groups in total. The molecular weight excluding hydrogens is 278 g/mol. The summed E-state index contributed by atoms with van der Waals surface area (Å²) < 4.78 is 7.42. The van der Waals surface area contributed by atoms with Crippen LogP contribution in [0.15, 0.2) is 18.3 Å². The van der Waals surface area contributed by atoms with Crippen LogP contribution in [0.2, 0.25) is 0 Å². The maximum Gasteiger partial charge on any atom is 0.340 e. The van der Waals surface area contributed by atoms with Crippen LogP contribution in [0.25, 0.3) is 11.0 Å². The van der Waals surface area contributed by atoms with Crippen molar-refractivity contribution in [1.82, 2.24) is 14.9 Å². The van der Waals surface area contributed by atoms with Crippen molar-refractivity contribution in [2.45, 2.75) is 33.2 Å². The predicted octanol–water partition coefficient (Wildman–Crippen LogP) is 2.52. The van der Waals surface area contributed by atoms with Gasteiger partial charge in [-0.3, -0.25) is 0 Å². The van der Waals surface area contributed by atoms with E-state index >= 15 is 0 Å². The van der Waals surface area contributed by atoms with E-state index in [9.17, 15) is 4.79 Å². The van der Waals surface area contributed by atoms with Gasteiger partial charge in [0.05, 0.1) is 12.2 Å². The molecule has 2 aromatic heterocycles. The third-order valence-corrected chi connectivity index (χ3v) is 4.46. The summed E-state index contributed by atoms with van der Waals surface area (Å²) in [5.41, 5.74) is 2.52. The summed E-state index contributed by atoms with van der Waals surface area (Å²) in [7, 11) is 0. The Labute approximate surface area is 130 Å². The molecule has 5 heteroatoms. The lowest BCUT2D eigenvalue weighted by Gasteiger charge is -2.24. The molecule has 0 unspecified atom stereocenters. The van der Waals surface area contributed by atoms with Gasteiger partial charge in [-0.2, -0.15) is 0 Å². The van der Waals surface area contributed by atoms with Crippen molar-refractivity contribution in [2.75, 3.05) is 19.7 Å². The smallest absolute Gasteiger partial charge is 0.340 e. The van der Waals surface area contributed by atoms with Crippen LogP contribution in [0, 0.1) is 12.8 Å². The number of nitrogens with zero attached hydrogens (tertiary/aromatic N) is 2. The quantitative estimate of drug-likeness (QED) is 0.882. The highest BCUT2D eigenvalue weighted by Crippen LogP contribution is 2.27. The Hall–Kier alpha value is -1.88. The van der Waals surface area contributed by atoms with Crippen LogP contribution in [0.3, 0.4) is 0 Å². The van der Waals surface area contributed by atoms with E-state index in [2.05, 4.69) is 14.9 Å². The number of hydrogen-bond acceptors (Lipinski definition) is 4. The predicted molar refractivity (Wildman–Crippen MR) is 86.0 cm³/mol. The molecule has 0 atom stereocenters. The van der Waals surface area contributed by atoms with E-state index in [1.54, 1.807) is 6.20 Å². The number of hydrogen-bond donors (Lipinski definition) is 1. The van der Waals surface area contributed by atoms with Gasteiger partial charge >= 0.3 is 5.97 Å². The lowest BCUT2D eigenvalue weighted by molar-refractivity contribution is 0.0527. The van der Waals surface area contributed by atoms with E-state index in [0.29, 0.717) is 18.1 Å². The zero-order valence-corrected chi connectivity index (χ0v) is 13.3. The third kappa shape index (κ3) is 2.73. The van der Waals surface area contributed by atoms with Crippen LogP contribution in [0.5, 0.6) is 0 Å². The normalized spacial score (nSPS) is 16.1. The van der Waals surface area contributed by atoms with Crippen molar-refractivity contribution in [3.05, 3.63) is 29.6 Å². The largest absolute Gasteiger partial charge is 0.462 e. The fourth-order valence-electron chi connectivity index (χ4n) is 3.30. The van der Waals surface area contributed by atoms with Crippen molar-refractivity contribution < 1.29 is 9.53 Å². The average Bonchev–Trinajstić information content (AvgIpc) is 2.81. The minimum Gasteiger partial charge on any atom is -0.462 e. The van der Waals surface area contributed by atoms with E-state index < -0.39 is 0 Å². The molecule has 5 nitrogen and oxygen atoms in total. The SMILES string of the molecule is CCOC(=O)c1c(C)n(CC2CCNCC2)c2ncccc12. The molecule has 1 fully saturated rings. The number of pyridine rings is 1. The summed E-state index contributed by atoms with van der Waals surface area (Å²) in [4.78, 5) is 16.8. The molecule has 0 aromatic carbocycles. The molecule has 2 aromatic rings. The van der Waals surface area contributed by atoms with Gasteiger partial charge in [0.25, 0.3) is 0 Å². The molecule has 1 aliphatic rings. The average molecular weight is 301 g/mol. The number of fused-ring (bicyclic) bond motifs is 1. The number of ether oxygens (including phenoxy) is 1. The molecule has 1 aliphatic heterocycles. The number of rotatable bonds is 4. The van der Waals surface area contributed by atoms with Gasteiger partial charge in [-0.25, -0.2) is 9.78 Å². The first kappa shape index (κ1) is 15.0. The topological polar surface area (TPSA) is 56.1 Å². The summed E-state index contributed by atoms with van der Waals surface area (Å²) in [5, 5.41) is 4.29.